The van der Waals surface area contributed by atoms with Crippen molar-refractivity contribution in [3.63, 3.8) is 0 Å². The second-order valence-electron chi connectivity index (χ2n) is 18.3. The van der Waals surface area contributed by atoms with Gasteiger partial charge in [-0.3, -0.25) is 0 Å². The smallest absolute Gasteiger partial charge is 0.164 e. The summed E-state index contributed by atoms with van der Waals surface area (Å²) in [6.07, 6.45) is 10.3. The number of aromatic nitrogens is 3. The Hall–Kier alpha value is -8.53. The molecule has 0 N–H and O–H groups in total. The lowest BCUT2D eigenvalue weighted by atomic mass is 9.52. The Labute approximate surface area is 405 Å². The molecule has 2 spiro atoms. The number of hydrogen-bond acceptors (Lipinski definition) is 3. The second kappa shape index (κ2) is 16.7. The fraction of sp³-hybridized carbons (Fsp3) is 0.0758. The summed E-state index contributed by atoms with van der Waals surface area (Å²) in [7, 11) is 0. The summed E-state index contributed by atoms with van der Waals surface area (Å²) >= 11 is 0. The van der Waals surface area contributed by atoms with Crippen LogP contribution in [0, 0.1) is 0 Å². The Morgan fingerprint density at radius 1 is 0.449 bits per heavy atom. The molecule has 0 atom stereocenters. The van der Waals surface area contributed by atoms with Crippen LogP contribution in [0.3, 0.4) is 0 Å². The molecule has 0 unspecified atom stereocenters. The van der Waals surface area contributed by atoms with Crippen molar-refractivity contribution < 1.29 is 0 Å². The average molecular weight is 884 g/mol. The van der Waals surface area contributed by atoms with Crippen molar-refractivity contribution in [2.45, 2.75) is 31.6 Å². The molecule has 0 fully saturated rings. The van der Waals surface area contributed by atoms with Crippen molar-refractivity contribution in [2.75, 3.05) is 0 Å². The fourth-order valence-corrected chi connectivity index (χ4v) is 11.8. The number of rotatable bonds is 8. The summed E-state index contributed by atoms with van der Waals surface area (Å²) < 4.78 is 0. The van der Waals surface area contributed by atoms with Gasteiger partial charge in [-0.2, -0.15) is 0 Å². The largest absolute Gasteiger partial charge is 0.208 e. The van der Waals surface area contributed by atoms with Crippen LogP contribution < -0.4 is 0 Å². The van der Waals surface area contributed by atoms with Gasteiger partial charge in [0.1, 0.15) is 0 Å². The molecule has 3 heteroatoms. The lowest BCUT2D eigenvalue weighted by Gasteiger charge is -2.49. The average Bonchev–Trinajstić information content (AvgIpc) is 3.84. The number of hydrogen-bond donors (Lipinski definition) is 0. The lowest BCUT2D eigenvalue weighted by molar-refractivity contribution is 0.623. The molecule has 0 bridgehead atoms. The molecule has 0 amide bonds. The standard InChI is InChI=1S/C66H49N3/c1-5-6-8-24-43(2)62-67-63(46-25-9-7-10-26-46)69-64(68-62)48-28-23-27-47(42-48)50-30-12-11-29-49(50)44(3)41-54-45(4)65(55-34-16-15-33-53(54)55)58-37-19-21-39-60(58)66(61-40-22-20-38-59(61)65)56-35-17-13-31-51(56)52-32-14-18-36-57(52)66/h5-42H,2H2,1,3-4H3/b6-5-,24-8-,44-41+. The minimum atomic E-state index is -0.517. The summed E-state index contributed by atoms with van der Waals surface area (Å²) in [6.45, 7) is 11.0. The van der Waals surface area contributed by atoms with E-state index >= 15 is 0 Å². The highest BCUT2D eigenvalue weighted by Gasteiger charge is 2.58. The quantitative estimate of drug-likeness (QED) is 0.143. The molecule has 69 heavy (non-hydrogen) atoms. The van der Waals surface area contributed by atoms with Gasteiger partial charge >= 0.3 is 0 Å². The van der Waals surface area contributed by atoms with E-state index in [4.69, 9.17) is 15.0 Å². The molecular formula is C66H49N3. The van der Waals surface area contributed by atoms with Gasteiger partial charge in [-0.1, -0.05) is 231 Å². The fourth-order valence-electron chi connectivity index (χ4n) is 11.8. The van der Waals surface area contributed by atoms with Gasteiger partial charge in [0, 0.05) is 16.7 Å². The van der Waals surface area contributed by atoms with Gasteiger partial charge in [0.15, 0.2) is 17.5 Å². The zero-order chi connectivity index (χ0) is 46.7. The van der Waals surface area contributed by atoms with Gasteiger partial charge in [0.25, 0.3) is 0 Å². The van der Waals surface area contributed by atoms with Crippen LogP contribution in [0.1, 0.15) is 76.7 Å². The predicted molar refractivity (Wildman–Crippen MR) is 285 cm³/mol. The first-order chi connectivity index (χ1) is 33.9. The van der Waals surface area contributed by atoms with E-state index in [1.54, 1.807) is 0 Å². The van der Waals surface area contributed by atoms with E-state index in [9.17, 15) is 0 Å². The number of benzene rings is 8. The van der Waals surface area contributed by atoms with Crippen molar-refractivity contribution in [3.05, 3.63) is 299 Å². The monoisotopic (exact) mass is 883 g/mol. The number of nitrogens with zero attached hydrogens (tertiary/aromatic N) is 3. The topological polar surface area (TPSA) is 38.7 Å². The SMILES string of the molecule is C=C(/C=C\C=C/C)c1nc(-c2ccccc2)nc(-c2cccc(-c3ccccc3/C(C)=C/C3=C(C)C4(c5ccccc53)c3ccccc3C3(c5ccccc5-c5ccccc53)c3ccccc34)c2)n1. The Bertz CT molecular complexity index is 3580. The first-order valence-corrected chi connectivity index (χ1v) is 23.8. The maximum absolute atomic E-state index is 5.04. The van der Waals surface area contributed by atoms with E-state index in [0.717, 1.165) is 22.3 Å². The van der Waals surface area contributed by atoms with E-state index < -0.39 is 10.8 Å². The number of allylic oxidation sites excluding steroid dienone is 9. The molecule has 3 aliphatic carbocycles. The molecular weight excluding hydrogens is 835 g/mol. The Kier molecular flexibility index (Phi) is 10.1. The molecule has 0 aliphatic heterocycles. The van der Waals surface area contributed by atoms with Gasteiger partial charge in [-0.05, 0) is 116 Å². The minimum Gasteiger partial charge on any atom is -0.208 e. The molecule has 0 saturated carbocycles. The van der Waals surface area contributed by atoms with E-state index in [0.29, 0.717) is 23.0 Å². The Morgan fingerprint density at radius 3 is 1.52 bits per heavy atom. The van der Waals surface area contributed by atoms with Crippen molar-refractivity contribution in [1.29, 1.82) is 0 Å². The van der Waals surface area contributed by atoms with Gasteiger partial charge < -0.3 is 0 Å². The van der Waals surface area contributed by atoms with Gasteiger partial charge in [0.2, 0.25) is 0 Å². The molecule has 8 aromatic carbocycles. The van der Waals surface area contributed by atoms with Gasteiger partial charge in [-0.25, -0.2) is 15.0 Å². The van der Waals surface area contributed by atoms with Crippen LogP contribution in [-0.2, 0) is 10.8 Å². The Balaban J connectivity index is 1.01. The third-order valence-electron chi connectivity index (χ3n) is 14.7. The molecule has 0 saturated heterocycles. The van der Waals surface area contributed by atoms with Crippen molar-refractivity contribution in [3.8, 4) is 45.0 Å². The van der Waals surface area contributed by atoms with Crippen LogP contribution in [0.15, 0.2) is 243 Å². The second-order valence-corrected chi connectivity index (χ2v) is 18.3. The van der Waals surface area contributed by atoms with E-state index in [1.165, 1.54) is 77.9 Å². The zero-order valence-corrected chi connectivity index (χ0v) is 39.0. The predicted octanol–water partition coefficient (Wildman–Crippen LogP) is 15.9. The maximum atomic E-state index is 5.04. The van der Waals surface area contributed by atoms with E-state index in [-0.39, 0.29) is 0 Å². The van der Waals surface area contributed by atoms with E-state index in [1.807, 2.05) is 61.6 Å². The molecule has 12 rings (SSSR count). The highest BCUT2D eigenvalue weighted by Crippen LogP contribution is 2.67. The highest BCUT2D eigenvalue weighted by molar-refractivity contribution is 5.98. The van der Waals surface area contributed by atoms with Crippen LogP contribution >= 0.6 is 0 Å². The van der Waals surface area contributed by atoms with Crippen molar-refractivity contribution >= 4 is 16.7 Å². The van der Waals surface area contributed by atoms with Crippen LogP contribution in [0.5, 0.6) is 0 Å². The molecule has 0 radical (unpaired) electrons. The molecule has 1 heterocycles. The minimum absolute atomic E-state index is 0.466. The Morgan fingerprint density at radius 2 is 0.913 bits per heavy atom. The highest BCUT2D eigenvalue weighted by atomic mass is 15.0. The van der Waals surface area contributed by atoms with Gasteiger partial charge in [0.05, 0.1) is 10.8 Å². The summed E-state index contributed by atoms with van der Waals surface area (Å²) in [5.74, 6) is 1.74. The van der Waals surface area contributed by atoms with Crippen molar-refractivity contribution in [1.82, 2.24) is 15.0 Å². The summed E-state index contributed by atoms with van der Waals surface area (Å²) in [5.41, 5.74) is 22.0. The molecule has 3 aliphatic rings. The number of fused-ring (bicyclic) bond motifs is 13. The molecule has 9 aromatic rings. The zero-order valence-electron chi connectivity index (χ0n) is 39.0. The summed E-state index contributed by atoms with van der Waals surface area (Å²) in [5, 5.41) is 0. The third kappa shape index (κ3) is 6.31. The van der Waals surface area contributed by atoms with Crippen molar-refractivity contribution in [2.24, 2.45) is 0 Å². The third-order valence-corrected chi connectivity index (χ3v) is 14.7. The first kappa shape index (κ1) is 41.9. The summed E-state index contributed by atoms with van der Waals surface area (Å²) in [6, 6.07) is 73.3. The normalized spacial score (nSPS) is 14.8. The van der Waals surface area contributed by atoms with Crippen LogP contribution in [0.25, 0.3) is 61.7 Å². The van der Waals surface area contributed by atoms with Gasteiger partial charge in [-0.15, -0.1) is 0 Å². The van der Waals surface area contributed by atoms with Crippen LogP contribution in [0.4, 0.5) is 0 Å². The van der Waals surface area contributed by atoms with E-state index in [2.05, 4.69) is 196 Å². The maximum Gasteiger partial charge on any atom is 0.164 e. The van der Waals surface area contributed by atoms with Crippen LogP contribution in [0.2, 0.25) is 0 Å². The summed E-state index contributed by atoms with van der Waals surface area (Å²) in [4.78, 5) is 14.9. The lowest BCUT2D eigenvalue weighted by Crippen LogP contribution is -2.43. The molecule has 3 nitrogen and oxygen atoms in total. The molecule has 328 valence electrons. The molecule has 1 aromatic heterocycles. The van der Waals surface area contributed by atoms with Crippen LogP contribution in [-0.4, -0.2) is 15.0 Å². The first-order valence-electron chi connectivity index (χ1n) is 23.8.